The van der Waals surface area contributed by atoms with Gasteiger partial charge in [0.25, 0.3) is 0 Å². The number of nitrogens with one attached hydrogen (secondary N) is 1. The van der Waals surface area contributed by atoms with Gasteiger partial charge in [0.15, 0.2) is 0 Å². The molecule has 1 heterocycles. The van der Waals surface area contributed by atoms with Gasteiger partial charge in [-0.1, -0.05) is 48.5 Å². The average Bonchev–Trinajstić information content (AvgIpc) is 2.63. The summed E-state index contributed by atoms with van der Waals surface area (Å²) in [5.74, 6) is -0.631. The van der Waals surface area contributed by atoms with Crippen molar-refractivity contribution in [2.75, 3.05) is 0 Å². The zero-order valence-corrected chi connectivity index (χ0v) is 14.2. The van der Waals surface area contributed by atoms with Crippen molar-refractivity contribution in [1.29, 1.82) is 0 Å². The van der Waals surface area contributed by atoms with Crippen molar-refractivity contribution < 1.29 is 12.8 Å². The van der Waals surface area contributed by atoms with Gasteiger partial charge >= 0.3 is 0 Å². The molecule has 1 aromatic heterocycles. The van der Waals surface area contributed by atoms with Crippen LogP contribution in [0.3, 0.4) is 0 Å². The maximum Gasteiger partial charge on any atom is 0.216 e. The lowest BCUT2D eigenvalue weighted by Crippen LogP contribution is -2.31. The molecule has 3 aromatic rings. The maximum atomic E-state index is 13.0. The molecule has 0 aliphatic heterocycles. The molecule has 2 aromatic carbocycles. The molecule has 128 valence electrons. The summed E-state index contributed by atoms with van der Waals surface area (Å²) in [5, 5.41) is 0. The van der Waals surface area contributed by atoms with Crippen molar-refractivity contribution in [3.63, 3.8) is 0 Å². The van der Waals surface area contributed by atoms with Gasteiger partial charge in [-0.25, -0.2) is 17.5 Å². The predicted octanol–water partition coefficient (Wildman–Crippen LogP) is 3.43. The molecule has 0 bridgehead atoms. The summed E-state index contributed by atoms with van der Waals surface area (Å²) in [4.78, 5) is 4.28. The van der Waals surface area contributed by atoms with Crippen LogP contribution in [0.5, 0.6) is 0 Å². The lowest BCUT2D eigenvalue weighted by Gasteiger charge is -2.19. The number of aromatic nitrogens is 1. The number of rotatable bonds is 6. The molecule has 0 saturated heterocycles. The molecule has 3 rings (SSSR count). The monoisotopic (exact) mass is 356 g/mol. The number of sulfonamides is 1. The smallest absolute Gasteiger partial charge is 0.216 e. The van der Waals surface area contributed by atoms with E-state index in [0.29, 0.717) is 11.3 Å². The third-order valence-corrected chi connectivity index (χ3v) is 4.99. The first-order valence-corrected chi connectivity index (χ1v) is 9.39. The Balaban J connectivity index is 1.88. The maximum absolute atomic E-state index is 13.0. The van der Waals surface area contributed by atoms with Crippen LogP contribution in [0.4, 0.5) is 4.39 Å². The Bertz CT molecular complexity index is 875. The summed E-state index contributed by atoms with van der Waals surface area (Å²) in [6.45, 7) is 0. The number of hydrogen-bond donors (Lipinski definition) is 1. The van der Waals surface area contributed by atoms with Gasteiger partial charge in [0.1, 0.15) is 5.82 Å². The summed E-state index contributed by atoms with van der Waals surface area (Å²) in [6, 6.07) is 19.5. The normalized spacial score (nSPS) is 12.7. The van der Waals surface area contributed by atoms with E-state index in [1.54, 1.807) is 18.3 Å². The molecule has 0 radical (unpaired) electrons. The standard InChI is InChI=1S/C19H17FN2O2S/c20-17-11-9-15(10-12-17)14-25(23,24)22-19(16-6-2-1-3-7-16)18-8-4-5-13-21-18/h1-13,19,22H,14H2/t19-/m1/s1. The van der Waals surface area contributed by atoms with E-state index in [1.165, 1.54) is 24.3 Å². The largest absolute Gasteiger partial charge is 0.259 e. The minimum absolute atomic E-state index is 0.233. The van der Waals surface area contributed by atoms with E-state index in [0.717, 1.165) is 5.56 Å². The van der Waals surface area contributed by atoms with E-state index in [2.05, 4.69) is 9.71 Å². The van der Waals surface area contributed by atoms with E-state index in [4.69, 9.17) is 0 Å². The van der Waals surface area contributed by atoms with E-state index in [9.17, 15) is 12.8 Å². The highest BCUT2D eigenvalue weighted by molar-refractivity contribution is 7.88. The number of halogens is 1. The van der Waals surface area contributed by atoms with Gasteiger partial charge in [0, 0.05) is 6.20 Å². The van der Waals surface area contributed by atoms with Crippen molar-refractivity contribution in [3.05, 3.63) is 102 Å². The topological polar surface area (TPSA) is 59.1 Å². The first-order chi connectivity index (χ1) is 12.0. The molecule has 25 heavy (non-hydrogen) atoms. The Hall–Kier alpha value is -2.57. The summed E-state index contributed by atoms with van der Waals surface area (Å²) < 4.78 is 40.9. The lowest BCUT2D eigenvalue weighted by atomic mass is 10.0. The molecule has 0 saturated carbocycles. The van der Waals surface area contributed by atoms with Crippen LogP contribution in [0, 0.1) is 5.82 Å². The third-order valence-electron chi connectivity index (χ3n) is 3.68. The van der Waals surface area contributed by atoms with Gasteiger partial charge in [-0.15, -0.1) is 0 Å². The van der Waals surface area contributed by atoms with Gasteiger partial charge < -0.3 is 0 Å². The van der Waals surface area contributed by atoms with E-state index >= 15 is 0 Å². The number of hydrogen-bond acceptors (Lipinski definition) is 3. The number of pyridine rings is 1. The van der Waals surface area contributed by atoms with Gasteiger partial charge in [0.05, 0.1) is 17.5 Å². The van der Waals surface area contributed by atoms with Crippen LogP contribution in [0.1, 0.15) is 22.9 Å². The molecule has 0 spiro atoms. The number of benzene rings is 2. The Morgan fingerprint density at radius 1 is 0.920 bits per heavy atom. The van der Waals surface area contributed by atoms with Crippen LogP contribution < -0.4 is 4.72 Å². The second kappa shape index (κ2) is 7.55. The first kappa shape index (κ1) is 17.3. The molecule has 1 N–H and O–H groups in total. The highest BCUT2D eigenvalue weighted by atomic mass is 32.2. The number of nitrogens with zero attached hydrogens (tertiary/aromatic N) is 1. The van der Waals surface area contributed by atoms with Crippen molar-refractivity contribution >= 4 is 10.0 Å². The van der Waals surface area contributed by atoms with Crippen LogP contribution in [0.2, 0.25) is 0 Å². The van der Waals surface area contributed by atoms with E-state index in [-0.39, 0.29) is 5.75 Å². The Morgan fingerprint density at radius 2 is 1.60 bits per heavy atom. The molecular formula is C19H17FN2O2S. The fourth-order valence-corrected chi connectivity index (χ4v) is 3.84. The zero-order valence-electron chi connectivity index (χ0n) is 13.3. The fourth-order valence-electron chi connectivity index (χ4n) is 2.51. The van der Waals surface area contributed by atoms with Gasteiger partial charge in [-0.05, 0) is 35.4 Å². The molecule has 0 aliphatic carbocycles. The predicted molar refractivity (Wildman–Crippen MR) is 94.7 cm³/mol. The highest BCUT2D eigenvalue weighted by Gasteiger charge is 2.22. The van der Waals surface area contributed by atoms with Crippen LogP contribution in [0.25, 0.3) is 0 Å². The van der Waals surface area contributed by atoms with Crippen molar-refractivity contribution in [1.82, 2.24) is 9.71 Å². The molecule has 0 aliphatic rings. The SMILES string of the molecule is O=S(=O)(Cc1ccc(F)cc1)N[C@H](c1ccccc1)c1ccccn1. The van der Waals surface area contributed by atoms with Crippen molar-refractivity contribution in [2.24, 2.45) is 0 Å². The summed E-state index contributed by atoms with van der Waals surface area (Å²) in [5.41, 5.74) is 1.92. The highest BCUT2D eigenvalue weighted by Crippen LogP contribution is 2.22. The summed E-state index contributed by atoms with van der Waals surface area (Å²) in [7, 11) is -3.66. The van der Waals surface area contributed by atoms with Crippen LogP contribution in [-0.2, 0) is 15.8 Å². The Kier molecular flexibility index (Phi) is 5.21. The Morgan fingerprint density at radius 3 is 2.24 bits per heavy atom. The van der Waals surface area contributed by atoms with E-state index < -0.39 is 21.9 Å². The lowest BCUT2D eigenvalue weighted by molar-refractivity contribution is 0.569. The van der Waals surface area contributed by atoms with Crippen molar-refractivity contribution in [3.8, 4) is 0 Å². The van der Waals surface area contributed by atoms with Crippen LogP contribution >= 0.6 is 0 Å². The minimum Gasteiger partial charge on any atom is -0.259 e. The van der Waals surface area contributed by atoms with Gasteiger partial charge in [-0.3, -0.25) is 4.98 Å². The second-order valence-corrected chi connectivity index (χ2v) is 7.36. The van der Waals surface area contributed by atoms with Gasteiger partial charge in [-0.2, -0.15) is 0 Å². The zero-order chi connectivity index (χ0) is 17.7. The molecule has 0 amide bonds. The quantitative estimate of drug-likeness (QED) is 0.736. The minimum atomic E-state index is -3.66. The molecular weight excluding hydrogens is 339 g/mol. The van der Waals surface area contributed by atoms with Crippen molar-refractivity contribution in [2.45, 2.75) is 11.8 Å². The molecule has 4 nitrogen and oxygen atoms in total. The van der Waals surface area contributed by atoms with Crippen LogP contribution in [0.15, 0.2) is 79.0 Å². The Labute approximate surface area is 146 Å². The molecule has 0 fully saturated rings. The molecule has 6 heteroatoms. The third kappa shape index (κ3) is 4.71. The summed E-state index contributed by atoms with van der Waals surface area (Å²) in [6.07, 6.45) is 1.62. The van der Waals surface area contributed by atoms with Gasteiger partial charge in [0.2, 0.25) is 10.0 Å². The first-order valence-electron chi connectivity index (χ1n) is 7.74. The molecule has 0 unspecified atom stereocenters. The molecule has 1 atom stereocenters. The van der Waals surface area contributed by atoms with Crippen LogP contribution in [-0.4, -0.2) is 13.4 Å². The fraction of sp³-hybridized carbons (Fsp3) is 0.105. The van der Waals surface area contributed by atoms with E-state index in [1.807, 2.05) is 36.4 Å². The summed E-state index contributed by atoms with van der Waals surface area (Å²) >= 11 is 0. The average molecular weight is 356 g/mol. The second-order valence-electron chi connectivity index (χ2n) is 5.60.